The third-order valence-corrected chi connectivity index (χ3v) is 3.29. The van der Waals surface area contributed by atoms with E-state index in [9.17, 15) is 24.9 Å². The van der Waals surface area contributed by atoms with Crippen molar-refractivity contribution in [1.82, 2.24) is 0 Å². The number of ether oxygens (including phenoxy) is 1. The van der Waals surface area contributed by atoms with Gasteiger partial charge in [0.15, 0.2) is 16.9 Å². The third kappa shape index (κ3) is 2.74. The Balaban J connectivity index is 2.20. The predicted molar refractivity (Wildman–Crippen MR) is 84.2 cm³/mol. The molecular formula is C17H12O7. The number of hydrogen-bond acceptors (Lipinski definition) is 7. The maximum atomic E-state index is 12.2. The zero-order valence-electron chi connectivity index (χ0n) is 12.4. The van der Waals surface area contributed by atoms with Crippen molar-refractivity contribution in [2.24, 2.45) is 0 Å². The number of rotatable bonds is 2. The molecule has 3 aromatic rings. The van der Waals surface area contributed by atoms with Gasteiger partial charge in [-0.15, -0.1) is 0 Å². The van der Waals surface area contributed by atoms with Crippen LogP contribution in [0, 0.1) is 0 Å². The van der Waals surface area contributed by atoms with Crippen LogP contribution < -0.4 is 10.2 Å². The van der Waals surface area contributed by atoms with Gasteiger partial charge in [0.1, 0.15) is 28.2 Å². The molecule has 0 amide bonds. The Hall–Kier alpha value is -3.48. The van der Waals surface area contributed by atoms with Crippen LogP contribution >= 0.6 is 0 Å². The second-order valence-corrected chi connectivity index (χ2v) is 5.09. The lowest BCUT2D eigenvalue weighted by molar-refractivity contribution is -0.132. The fourth-order valence-corrected chi connectivity index (χ4v) is 2.30. The van der Waals surface area contributed by atoms with Gasteiger partial charge < -0.3 is 24.5 Å². The zero-order chi connectivity index (χ0) is 17.4. The van der Waals surface area contributed by atoms with Gasteiger partial charge in [-0.3, -0.25) is 9.59 Å². The standard InChI is InChI=1S/C17H12O7/c1-8(18)23-15-4-9(2-3-11(15)20)14-7-13(22)17-12(21)5-10(19)6-16(17)24-14/h2-7,19-21H,1H3. The fourth-order valence-electron chi connectivity index (χ4n) is 2.30. The van der Waals surface area contributed by atoms with E-state index in [1.54, 1.807) is 0 Å². The molecule has 3 rings (SSSR count). The van der Waals surface area contributed by atoms with Crippen molar-refractivity contribution >= 4 is 16.9 Å². The monoisotopic (exact) mass is 328 g/mol. The first kappa shape index (κ1) is 15.4. The molecule has 122 valence electrons. The summed E-state index contributed by atoms with van der Waals surface area (Å²) in [5.41, 5.74) is -0.145. The lowest BCUT2D eigenvalue weighted by Gasteiger charge is -2.08. The fraction of sp³-hybridized carbons (Fsp3) is 0.0588. The lowest BCUT2D eigenvalue weighted by Crippen LogP contribution is -2.02. The van der Waals surface area contributed by atoms with Gasteiger partial charge >= 0.3 is 5.97 Å². The van der Waals surface area contributed by atoms with Crippen molar-refractivity contribution in [3.05, 3.63) is 46.6 Å². The highest BCUT2D eigenvalue weighted by molar-refractivity contribution is 5.86. The summed E-state index contributed by atoms with van der Waals surface area (Å²) in [7, 11) is 0. The van der Waals surface area contributed by atoms with Crippen LogP contribution in [-0.4, -0.2) is 21.3 Å². The molecule has 1 aromatic heterocycles. The highest BCUT2D eigenvalue weighted by Gasteiger charge is 2.14. The second-order valence-electron chi connectivity index (χ2n) is 5.09. The van der Waals surface area contributed by atoms with E-state index >= 15 is 0 Å². The largest absolute Gasteiger partial charge is 0.508 e. The Labute approximate surface area is 135 Å². The number of aromatic hydroxyl groups is 3. The van der Waals surface area contributed by atoms with Crippen LogP contribution in [0.25, 0.3) is 22.3 Å². The number of phenols is 3. The van der Waals surface area contributed by atoms with E-state index < -0.39 is 17.1 Å². The first-order valence-electron chi connectivity index (χ1n) is 6.87. The topological polar surface area (TPSA) is 117 Å². The molecule has 0 fully saturated rings. The summed E-state index contributed by atoms with van der Waals surface area (Å²) in [4.78, 5) is 23.3. The van der Waals surface area contributed by atoms with Gasteiger partial charge in [0.25, 0.3) is 0 Å². The number of hydrogen-bond donors (Lipinski definition) is 3. The highest BCUT2D eigenvalue weighted by Crippen LogP contribution is 2.34. The Kier molecular flexibility index (Phi) is 3.61. The number of esters is 1. The molecule has 0 unspecified atom stereocenters. The molecule has 7 heteroatoms. The first-order chi connectivity index (χ1) is 11.3. The van der Waals surface area contributed by atoms with Gasteiger partial charge in [-0.25, -0.2) is 0 Å². The lowest BCUT2D eigenvalue weighted by atomic mass is 10.1. The van der Waals surface area contributed by atoms with Crippen LogP contribution in [0.3, 0.4) is 0 Å². The maximum Gasteiger partial charge on any atom is 0.308 e. The molecule has 0 bridgehead atoms. The van der Waals surface area contributed by atoms with Gasteiger partial charge in [-0.05, 0) is 18.2 Å². The van der Waals surface area contributed by atoms with Gasteiger partial charge in [-0.1, -0.05) is 0 Å². The minimum absolute atomic E-state index is 0.00267. The summed E-state index contributed by atoms with van der Waals surface area (Å²) in [5.74, 6) is -1.47. The quantitative estimate of drug-likeness (QED) is 0.488. The van der Waals surface area contributed by atoms with Crippen LogP contribution in [-0.2, 0) is 4.79 Å². The second kappa shape index (κ2) is 5.62. The van der Waals surface area contributed by atoms with E-state index in [0.717, 1.165) is 12.1 Å². The molecule has 3 N–H and O–H groups in total. The van der Waals surface area contributed by atoms with Gasteiger partial charge in [-0.2, -0.15) is 0 Å². The molecule has 24 heavy (non-hydrogen) atoms. The van der Waals surface area contributed by atoms with Gasteiger partial charge in [0, 0.05) is 30.7 Å². The normalized spacial score (nSPS) is 10.7. The molecule has 0 aliphatic rings. The summed E-state index contributed by atoms with van der Waals surface area (Å²) in [5, 5.41) is 28.9. The first-order valence-corrected chi connectivity index (χ1v) is 6.87. The van der Waals surface area contributed by atoms with Crippen molar-refractivity contribution in [2.75, 3.05) is 0 Å². The van der Waals surface area contributed by atoms with Crippen molar-refractivity contribution in [3.63, 3.8) is 0 Å². The third-order valence-electron chi connectivity index (χ3n) is 3.29. The molecular weight excluding hydrogens is 316 g/mol. The van der Waals surface area contributed by atoms with E-state index in [-0.39, 0.29) is 34.0 Å². The highest BCUT2D eigenvalue weighted by atomic mass is 16.5. The minimum atomic E-state index is -0.614. The van der Waals surface area contributed by atoms with Gasteiger partial charge in [0.2, 0.25) is 0 Å². The summed E-state index contributed by atoms with van der Waals surface area (Å²) in [6.45, 7) is 1.19. The van der Waals surface area contributed by atoms with Crippen LogP contribution in [0.5, 0.6) is 23.0 Å². The predicted octanol–water partition coefficient (Wildman–Crippen LogP) is 2.50. The zero-order valence-corrected chi connectivity index (χ0v) is 12.4. The van der Waals surface area contributed by atoms with Crippen LogP contribution in [0.1, 0.15) is 6.92 Å². The van der Waals surface area contributed by atoms with E-state index in [4.69, 9.17) is 9.15 Å². The Bertz CT molecular complexity index is 1020. The molecule has 0 saturated heterocycles. The van der Waals surface area contributed by atoms with Crippen LogP contribution in [0.15, 0.2) is 45.6 Å². The minimum Gasteiger partial charge on any atom is -0.508 e. The van der Waals surface area contributed by atoms with Crippen molar-refractivity contribution in [1.29, 1.82) is 0 Å². The van der Waals surface area contributed by atoms with E-state index in [1.165, 1.54) is 31.2 Å². The average molecular weight is 328 g/mol. The maximum absolute atomic E-state index is 12.2. The summed E-state index contributed by atoms with van der Waals surface area (Å²) >= 11 is 0. The summed E-state index contributed by atoms with van der Waals surface area (Å²) in [6.07, 6.45) is 0. The van der Waals surface area contributed by atoms with Crippen molar-refractivity contribution in [2.45, 2.75) is 6.92 Å². The summed E-state index contributed by atoms with van der Waals surface area (Å²) in [6, 6.07) is 7.49. The van der Waals surface area contributed by atoms with Crippen LogP contribution in [0.2, 0.25) is 0 Å². The summed E-state index contributed by atoms with van der Waals surface area (Å²) < 4.78 is 10.4. The molecule has 7 nitrogen and oxygen atoms in total. The Morgan fingerprint density at radius 3 is 2.50 bits per heavy atom. The number of carbonyl (C=O) groups is 1. The van der Waals surface area contributed by atoms with Crippen molar-refractivity contribution in [3.8, 4) is 34.3 Å². The molecule has 0 aliphatic carbocycles. The van der Waals surface area contributed by atoms with Crippen LogP contribution in [0.4, 0.5) is 0 Å². The number of benzene rings is 2. The van der Waals surface area contributed by atoms with Gasteiger partial charge in [0.05, 0.1) is 0 Å². The molecule has 0 atom stereocenters. The van der Waals surface area contributed by atoms with E-state index in [2.05, 4.69) is 0 Å². The average Bonchev–Trinajstić information content (AvgIpc) is 2.47. The molecule has 2 aromatic carbocycles. The molecule has 0 saturated carbocycles. The smallest absolute Gasteiger partial charge is 0.308 e. The molecule has 0 spiro atoms. The molecule has 0 radical (unpaired) electrons. The number of phenolic OH excluding ortho intramolecular Hbond substituents is 3. The van der Waals surface area contributed by atoms with E-state index in [0.29, 0.717) is 5.56 Å². The number of fused-ring (bicyclic) bond motifs is 1. The SMILES string of the molecule is CC(=O)Oc1cc(-c2cc(=O)c3c(O)cc(O)cc3o2)ccc1O. The van der Waals surface area contributed by atoms with Crippen molar-refractivity contribution < 1.29 is 29.3 Å². The van der Waals surface area contributed by atoms with E-state index in [1.807, 2.05) is 0 Å². The Morgan fingerprint density at radius 1 is 1.04 bits per heavy atom. The Morgan fingerprint density at radius 2 is 1.79 bits per heavy atom. The number of carbonyl (C=O) groups excluding carboxylic acids is 1. The molecule has 1 heterocycles. The molecule has 0 aliphatic heterocycles.